The standard InChI is InChI=1S/C11H8ClNO/c12-11(14)9-3-1-2-7-4-5-8(13)6-10(7)9/h1-6H,13H2. The summed E-state index contributed by atoms with van der Waals surface area (Å²) in [6, 6.07) is 10.8. The van der Waals surface area contributed by atoms with Gasteiger partial charge in [0.2, 0.25) is 0 Å². The van der Waals surface area contributed by atoms with E-state index >= 15 is 0 Å². The van der Waals surface area contributed by atoms with Gasteiger partial charge in [-0.15, -0.1) is 0 Å². The van der Waals surface area contributed by atoms with E-state index in [1.165, 1.54) is 0 Å². The van der Waals surface area contributed by atoms with Crippen LogP contribution in [0.4, 0.5) is 5.69 Å². The molecule has 0 saturated carbocycles. The normalized spacial score (nSPS) is 10.4. The number of hydrogen-bond acceptors (Lipinski definition) is 2. The Morgan fingerprint density at radius 3 is 2.71 bits per heavy atom. The molecule has 70 valence electrons. The van der Waals surface area contributed by atoms with Crippen LogP contribution in [0.2, 0.25) is 0 Å². The van der Waals surface area contributed by atoms with Gasteiger partial charge in [-0.25, -0.2) is 0 Å². The summed E-state index contributed by atoms with van der Waals surface area (Å²) < 4.78 is 0. The number of benzene rings is 2. The molecule has 0 atom stereocenters. The van der Waals surface area contributed by atoms with E-state index in [9.17, 15) is 4.79 Å². The lowest BCUT2D eigenvalue weighted by molar-refractivity contribution is 0.108. The van der Waals surface area contributed by atoms with Crippen molar-refractivity contribution in [2.45, 2.75) is 0 Å². The third-order valence-electron chi connectivity index (χ3n) is 2.12. The van der Waals surface area contributed by atoms with Crippen LogP contribution < -0.4 is 5.73 Å². The zero-order valence-corrected chi connectivity index (χ0v) is 8.08. The van der Waals surface area contributed by atoms with Crippen LogP contribution in [-0.2, 0) is 0 Å². The molecule has 0 aliphatic carbocycles. The molecule has 2 nitrogen and oxygen atoms in total. The second-order valence-electron chi connectivity index (χ2n) is 3.06. The van der Waals surface area contributed by atoms with Gasteiger partial charge < -0.3 is 5.73 Å². The van der Waals surface area contributed by atoms with Gasteiger partial charge in [0.15, 0.2) is 0 Å². The third kappa shape index (κ3) is 1.44. The van der Waals surface area contributed by atoms with Crippen LogP contribution in [-0.4, -0.2) is 5.24 Å². The van der Waals surface area contributed by atoms with Gasteiger partial charge in [-0.3, -0.25) is 4.79 Å². The minimum atomic E-state index is -0.457. The van der Waals surface area contributed by atoms with E-state index in [1.807, 2.05) is 12.1 Å². The van der Waals surface area contributed by atoms with E-state index in [2.05, 4.69) is 0 Å². The molecule has 0 aliphatic rings. The Hall–Kier alpha value is -1.54. The molecule has 0 aromatic heterocycles. The molecule has 14 heavy (non-hydrogen) atoms. The predicted octanol–water partition coefficient (Wildman–Crippen LogP) is 2.80. The Morgan fingerprint density at radius 1 is 1.21 bits per heavy atom. The van der Waals surface area contributed by atoms with Gasteiger partial charge in [0, 0.05) is 11.3 Å². The number of carbonyl (C=O) groups is 1. The maximum Gasteiger partial charge on any atom is 0.253 e. The second kappa shape index (κ2) is 3.31. The number of carbonyl (C=O) groups excluding carboxylic acids is 1. The first kappa shape index (κ1) is 9.03. The number of nitrogens with two attached hydrogens (primary N) is 1. The molecule has 0 heterocycles. The first-order valence-corrected chi connectivity index (χ1v) is 4.54. The van der Waals surface area contributed by atoms with E-state index in [0.29, 0.717) is 11.3 Å². The summed E-state index contributed by atoms with van der Waals surface area (Å²) in [7, 11) is 0. The van der Waals surface area contributed by atoms with E-state index < -0.39 is 5.24 Å². The average molecular weight is 206 g/mol. The van der Waals surface area contributed by atoms with Crippen molar-refractivity contribution >= 4 is 33.3 Å². The Labute approximate surface area is 86.3 Å². The van der Waals surface area contributed by atoms with Gasteiger partial charge in [-0.05, 0) is 40.6 Å². The second-order valence-corrected chi connectivity index (χ2v) is 3.40. The predicted molar refractivity (Wildman–Crippen MR) is 58.5 cm³/mol. The van der Waals surface area contributed by atoms with E-state index in [-0.39, 0.29) is 0 Å². The highest BCUT2D eigenvalue weighted by atomic mass is 35.5. The van der Waals surface area contributed by atoms with Crippen LogP contribution in [0.15, 0.2) is 36.4 Å². The fourth-order valence-electron chi connectivity index (χ4n) is 1.46. The van der Waals surface area contributed by atoms with Crippen LogP contribution in [0, 0.1) is 0 Å². The van der Waals surface area contributed by atoms with Gasteiger partial charge in [-0.1, -0.05) is 18.2 Å². The van der Waals surface area contributed by atoms with E-state index in [0.717, 1.165) is 10.8 Å². The summed E-state index contributed by atoms with van der Waals surface area (Å²) in [4.78, 5) is 11.1. The molecule has 0 fully saturated rings. The summed E-state index contributed by atoms with van der Waals surface area (Å²) in [6.07, 6.45) is 0. The lowest BCUT2D eigenvalue weighted by atomic mass is 10.0. The van der Waals surface area contributed by atoms with Crippen LogP contribution >= 0.6 is 11.6 Å². The smallest absolute Gasteiger partial charge is 0.253 e. The Bertz CT molecular complexity index is 508. The molecule has 3 heteroatoms. The highest BCUT2D eigenvalue weighted by molar-refractivity contribution is 6.68. The number of hydrogen-bond donors (Lipinski definition) is 1. The minimum absolute atomic E-state index is 0.457. The molecular weight excluding hydrogens is 198 g/mol. The number of halogens is 1. The van der Waals surface area contributed by atoms with E-state index in [4.69, 9.17) is 17.3 Å². The zero-order chi connectivity index (χ0) is 10.1. The SMILES string of the molecule is Nc1ccc2cccc(C(=O)Cl)c2c1. The molecule has 0 spiro atoms. The van der Waals surface area contributed by atoms with Gasteiger partial charge in [0.25, 0.3) is 5.24 Å². The van der Waals surface area contributed by atoms with Crippen molar-refractivity contribution in [3.05, 3.63) is 42.0 Å². The van der Waals surface area contributed by atoms with Gasteiger partial charge >= 0.3 is 0 Å². The molecule has 0 unspecified atom stereocenters. The Morgan fingerprint density at radius 2 is 2.00 bits per heavy atom. The summed E-state index contributed by atoms with van der Waals surface area (Å²) in [6.45, 7) is 0. The van der Waals surface area contributed by atoms with Crippen molar-refractivity contribution in [3.63, 3.8) is 0 Å². The Balaban J connectivity index is 2.84. The molecule has 2 aromatic rings. The molecule has 0 bridgehead atoms. The number of anilines is 1. The molecule has 0 amide bonds. The number of fused-ring (bicyclic) bond motifs is 1. The molecule has 2 N–H and O–H groups in total. The Kier molecular flexibility index (Phi) is 2.14. The van der Waals surface area contributed by atoms with Crippen molar-refractivity contribution in [1.82, 2.24) is 0 Å². The van der Waals surface area contributed by atoms with E-state index in [1.54, 1.807) is 24.3 Å². The number of rotatable bonds is 1. The molecular formula is C11H8ClNO. The average Bonchev–Trinajstić information content (AvgIpc) is 2.16. The monoisotopic (exact) mass is 205 g/mol. The zero-order valence-electron chi connectivity index (χ0n) is 7.33. The first-order valence-electron chi connectivity index (χ1n) is 4.16. The van der Waals surface area contributed by atoms with Crippen molar-refractivity contribution in [2.24, 2.45) is 0 Å². The molecule has 2 rings (SSSR count). The largest absolute Gasteiger partial charge is 0.399 e. The van der Waals surface area contributed by atoms with Crippen molar-refractivity contribution in [2.75, 3.05) is 5.73 Å². The summed E-state index contributed by atoms with van der Waals surface area (Å²) in [5.41, 5.74) is 6.76. The molecule has 0 radical (unpaired) electrons. The van der Waals surface area contributed by atoms with Gasteiger partial charge in [-0.2, -0.15) is 0 Å². The highest BCUT2D eigenvalue weighted by Crippen LogP contribution is 2.22. The number of nitrogen functional groups attached to an aromatic ring is 1. The maximum atomic E-state index is 11.1. The first-order chi connectivity index (χ1) is 6.68. The lowest BCUT2D eigenvalue weighted by Crippen LogP contribution is -1.92. The lowest BCUT2D eigenvalue weighted by Gasteiger charge is -2.02. The summed E-state index contributed by atoms with van der Waals surface area (Å²) in [5, 5.41) is 1.31. The van der Waals surface area contributed by atoms with Crippen molar-refractivity contribution < 1.29 is 4.79 Å². The summed E-state index contributed by atoms with van der Waals surface area (Å²) in [5.74, 6) is 0. The maximum absolute atomic E-state index is 11.1. The van der Waals surface area contributed by atoms with Gasteiger partial charge in [0.05, 0.1) is 0 Å². The van der Waals surface area contributed by atoms with Crippen molar-refractivity contribution in [1.29, 1.82) is 0 Å². The molecule has 0 saturated heterocycles. The quantitative estimate of drug-likeness (QED) is 0.575. The third-order valence-corrected chi connectivity index (χ3v) is 2.32. The fraction of sp³-hybridized carbons (Fsp3) is 0. The van der Waals surface area contributed by atoms with Crippen LogP contribution in [0.25, 0.3) is 10.8 Å². The van der Waals surface area contributed by atoms with Crippen LogP contribution in [0.5, 0.6) is 0 Å². The highest BCUT2D eigenvalue weighted by Gasteiger charge is 2.06. The van der Waals surface area contributed by atoms with Crippen LogP contribution in [0.1, 0.15) is 10.4 Å². The van der Waals surface area contributed by atoms with Crippen molar-refractivity contribution in [3.8, 4) is 0 Å². The molecule has 2 aromatic carbocycles. The van der Waals surface area contributed by atoms with Crippen LogP contribution in [0.3, 0.4) is 0 Å². The minimum Gasteiger partial charge on any atom is -0.399 e. The molecule has 0 aliphatic heterocycles. The van der Waals surface area contributed by atoms with Gasteiger partial charge in [0.1, 0.15) is 0 Å². The fourth-order valence-corrected chi connectivity index (χ4v) is 1.63. The summed E-state index contributed by atoms with van der Waals surface area (Å²) >= 11 is 5.45. The topological polar surface area (TPSA) is 43.1 Å².